The molecule has 0 N–H and O–H groups in total. The highest BCUT2D eigenvalue weighted by Crippen LogP contribution is 2.24. The first-order chi connectivity index (χ1) is 15.2. The molecule has 158 valence electrons. The Balaban J connectivity index is 1.13. The number of aromatic nitrogens is 2. The van der Waals surface area contributed by atoms with E-state index < -0.39 is 0 Å². The van der Waals surface area contributed by atoms with Gasteiger partial charge >= 0.3 is 0 Å². The van der Waals surface area contributed by atoms with E-state index >= 15 is 0 Å². The summed E-state index contributed by atoms with van der Waals surface area (Å²) in [5.41, 5.74) is 3.07. The van der Waals surface area contributed by atoms with Crippen molar-refractivity contribution in [1.82, 2.24) is 19.8 Å². The molecule has 2 aromatic carbocycles. The minimum atomic E-state index is 0.127. The Labute approximate surface area is 196 Å². The van der Waals surface area contributed by atoms with Gasteiger partial charge in [-0.15, -0.1) is 0 Å². The van der Waals surface area contributed by atoms with Crippen molar-refractivity contribution in [2.24, 2.45) is 0 Å². The number of hydrogen-bond donors (Lipinski definition) is 0. The summed E-state index contributed by atoms with van der Waals surface area (Å²) in [6, 6.07) is 18.7. The number of carbonyl (C=O) groups is 1. The molecule has 7 heteroatoms. The number of hydrogen-bond acceptors (Lipinski definition) is 5. The Kier molecular flexibility index (Phi) is 5.87. The first-order valence-electron chi connectivity index (χ1n) is 10.6. The zero-order chi connectivity index (χ0) is 21.2. The van der Waals surface area contributed by atoms with Crippen LogP contribution in [-0.4, -0.2) is 71.0 Å². The van der Waals surface area contributed by atoms with Crippen LogP contribution in [0.3, 0.4) is 0 Å². The van der Waals surface area contributed by atoms with Gasteiger partial charge in [0.25, 0.3) is 5.91 Å². The molecule has 31 heavy (non-hydrogen) atoms. The lowest BCUT2D eigenvalue weighted by atomic mass is 10.0. The SMILES string of the molecule is O=C(c1ccc(-c2ccc(I)cc2)cc1)N1CC(N2CCN(c3ncccn3)CC2)C1. The lowest BCUT2D eigenvalue weighted by Crippen LogP contribution is -2.64. The van der Waals surface area contributed by atoms with E-state index in [9.17, 15) is 4.79 Å². The molecule has 2 aliphatic rings. The fourth-order valence-electron chi connectivity index (χ4n) is 4.22. The smallest absolute Gasteiger partial charge is 0.253 e. The molecular weight excluding hydrogens is 501 g/mol. The molecule has 6 nitrogen and oxygen atoms in total. The molecule has 5 rings (SSSR count). The third-order valence-corrected chi connectivity index (χ3v) is 6.84. The molecule has 2 saturated heterocycles. The Morgan fingerprint density at radius 3 is 2.03 bits per heavy atom. The fraction of sp³-hybridized carbons (Fsp3) is 0.292. The molecule has 3 heterocycles. The van der Waals surface area contributed by atoms with Gasteiger partial charge in [-0.1, -0.05) is 24.3 Å². The number of halogens is 1. The molecule has 0 saturated carbocycles. The Hall–Kier alpha value is -2.52. The van der Waals surface area contributed by atoms with Gasteiger partial charge in [-0.2, -0.15) is 0 Å². The number of rotatable bonds is 4. The van der Waals surface area contributed by atoms with E-state index in [0.29, 0.717) is 6.04 Å². The van der Waals surface area contributed by atoms with Gasteiger partial charge in [0.05, 0.1) is 0 Å². The van der Waals surface area contributed by atoms with Crippen LogP contribution >= 0.6 is 22.6 Å². The summed E-state index contributed by atoms with van der Waals surface area (Å²) in [5, 5.41) is 0. The summed E-state index contributed by atoms with van der Waals surface area (Å²) in [6.45, 7) is 5.42. The molecule has 0 atom stereocenters. The van der Waals surface area contributed by atoms with Gasteiger partial charge in [0.2, 0.25) is 5.95 Å². The van der Waals surface area contributed by atoms with E-state index in [4.69, 9.17) is 0 Å². The van der Waals surface area contributed by atoms with Crippen LogP contribution in [0.2, 0.25) is 0 Å². The first kappa shape index (κ1) is 20.4. The largest absolute Gasteiger partial charge is 0.338 e. The highest BCUT2D eigenvalue weighted by atomic mass is 127. The van der Waals surface area contributed by atoms with E-state index in [-0.39, 0.29) is 5.91 Å². The molecule has 0 aliphatic carbocycles. The Morgan fingerprint density at radius 2 is 1.42 bits per heavy atom. The van der Waals surface area contributed by atoms with Crippen LogP contribution < -0.4 is 4.90 Å². The minimum Gasteiger partial charge on any atom is -0.338 e. The zero-order valence-electron chi connectivity index (χ0n) is 17.2. The number of benzene rings is 2. The lowest BCUT2D eigenvalue weighted by Gasteiger charge is -2.48. The topological polar surface area (TPSA) is 52.6 Å². The quantitative estimate of drug-likeness (QED) is 0.489. The van der Waals surface area contributed by atoms with Gasteiger partial charge < -0.3 is 9.80 Å². The molecule has 3 aromatic rings. The van der Waals surface area contributed by atoms with Gasteiger partial charge in [-0.05, 0) is 64.0 Å². The number of amides is 1. The molecular formula is C24H24IN5O. The summed E-state index contributed by atoms with van der Waals surface area (Å²) < 4.78 is 1.22. The van der Waals surface area contributed by atoms with Gasteiger partial charge in [0.1, 0.15) is 0 Å². The summed E-state index contributed by atoms with van der Waals surface area (Å²) >= 11 is 2.31. The maximum Gasteiger partial charge on any atom is 0.253 e. The lowest BCUT2D eigenvalue weighted by molar-refractivity contribution is 0.0246. The average Bonchev–Trinajstić information content (AvgIpc) is 2.80. The number of nitrogens with zero attached hydrogens (tertiary/aromatic N) is 5. The number of piperazine rings is 1. The van der Waals surface area contributed by atoms with Crippen molar-refractivity contribution in [3.05, 3.63) is 76.1 Å². The maximum atomic E-state index is 12.9. The van der Waals surface area contributed by atoms with Crippen molar-refractivity contribution in [3.8, 4) is 11.1 Å². The van der Waals surface area contributed by atoms with Crippen LogP contribution in [-0.2, 0) is 0 Å². The predicted molar refractivity (Wildman–Crippen MR) is 130 cm³/mol. The average molecular weight is 525 g/mol. The normalized spacial score (nSPS) is 17.5. The molecule has 2 aliphatic heterocycles. The van der Waals surface area contributed by atoms with E-state index in [1.54, 1.807) is 12.4 Å². The third kappa shape index (κ3) is 4.43. The highest BCUT2D eigenvalue weighted by molar-refractivity contribution is 14.1. The van der Waals surface area contributed by atoms with Crippen LogP contribution in [0.25, 0.3) is 11.1 Å². The van der Waals surface area contributed by atoms with E-state index in [0.717, 1.165) is 56.3 Å². The van der Waals surface area contributed by atoms with Crippen LogP contribution in [0.1, 0.15) is 10.4 Å². The van der Waals surface area contributed by atoms with Gasteiger partial charge in [-0.3, -0.25) is 9.69 Å². The molecule has 0 bridgehead atoms. The second-order valence-electron chi connectivity index (χ2n) is 8.02. The standard InChI is InChI=1S/C24H24IN5O/c25-21-8-6-19(7-9-21)18-2-4-20(5-3-18)23(31)30-16-22(17-30)28-12-14-29(15-13-28)24-26-10-1-11-27-24/h1-11,22H,12-17H2. The second-order valence-corrected chi connectivity index (χ2v) is 9.27. The maximum absolute atomic E-state index is 12.9. The van der Waals surface area contributed by atoms with Crippen molar-refractivity contribution in [3.63, 3.8) is 0 Å². The minimum absolute atomic E-state index is 0.127. The van der Waals surface area contributed by atoms with Crippen molar-refractivity contribution in [2.75, 3.05) is 44.2 Å². The summed E-state index contributed by atoms with van der Waals surface area (Å²) in [5.74, 6) is 0.933. The zero-order valence-corrected chi connectivity index (χ0v) is 19.4. The summed E-state index contributed by atoms with van der Waals surface area (Å²) in [7, 11) is 0. The molecule has 1 aromatic heterocycles. The van der Waals surface area contributed by atoms with Crippen LogP contribution in [0.4, 0.5) is 5.95 Å². The number of anilines is 1. The van der Waals surface area contributed by atoms with E-state index in [1.807, 2.05) is 35.2 Å². The molecule has 0 radical (unpaired) electrons. The number of carbonyl (C=O) groups excluding carboxylic acids is 1. The summed E-state index contributed by atoms with van der Waals surface area (Å²) in [4.78, 5) is 28.2. The van der Waals surface area contributed by atoms with E-state index in [1.165, 1.54) is 9.13 Å². The number of likely N-dealkylation sites (tertiary alicyclic amines) is 1. The Bertz CT molecular complexity index is 1030. The van der Waals surface area contributed by atoms with Crippen molar-refractivity contribution in [1.29, 1.82) is 0 Å². The monoisotopic (exact) mass is 525 g/mol. The van der Waals surface area contributed by atoms with Crippen molar-refractivity contribution < 1.29 is 4.79 Å². The van der Waals surface area contributed by atoms with Gasteiger partial charge in [-0.25, -0.2) is 9.97 Å². The van der Waals surface area contributed by atoms with Crippen LogP contribution in [0.5, 0.6) is 0 Å². The van der Waals surface area contributed by atoms with Gasteiger partial charge in [0, 0.05) is 66.8 Å². The second kappa shape index (κ2) is 8.92. The van der Waals surface area contributed by atoms with E-state index in [2.05, 4.69) is 66.6 Å². The molecule has 1 amide bonds. The highest BCUT2D eigenvalue weighted by Gasteiger charge is 2.36. The van der Waals surface area contributed by atoms with Crippen LogP contribution in [0.15, 0.2) is 67.0 Å². The van der Waals surface area contributed by atoms with Crippen molar-refractivity contribution >= 4 is 34.4 Å². The first-order valence-corrected chi connectivity index (χ1v) is 11.7. The third-order valence-electron chi connectivity index (χ3n) is 6.12. The predicted octanol–water partition coefficient (Wildman–Crippen LogP) is 3.39. The Morgan fingerprint density at radius 1 is 0.839 bits per heavy atom. The summed E-state index contributed by atoms with van der Waals surface area (Å²) in [6.07, 6.45) is 3.58. The van der Waals surface area contributed by atoms with Gasteiger partial charge in [0.15, 0.2) is 0 Å². The fourth-order valence-corrected chi connectivity index (χ4v) is 4.58. The molecule has 2 fully saturated rings. The van der Waals surface area contributed by atoms with Crippen molar-refractivity contribution in [2.45, 2.75) is 6.04 Å². The van der Waals surface area contributed by atoms with Crippen LogP contribution in [0, 0.1) is 3.57 Å². The molecule has 0 spiro atoms. The molecule has 0 unspecified atom stereocenters.